The van der Waals surface area contributed by atoms with Crippen LogP contribution in [0.1, 0.15) is 104 Å². The van der Waals surface area contributed by atoms with Gasteiger partial charge in [0.1, 0.15) is 42.3 Å². The predicted molar refractivity (Wildman–Crippen MR) is 247 cm³/mol. The van der Waals surface area contributed by atoms with Crippen molar-refractivity contribution in [2.45, 2.75) is 165 Å². The molecule has 71 heavy (non-hydrogen) atoms. The van der Waals surface area contributed by atoms with Crippen LogP contribution in [0.15, 0.2) is 0 Å². The van der Waals surface area contributed by atoms with Crippen LogP contribution in [0.5, 0.6) is 0 Å². The number of hydrogen-bond acceptors (Lipinski definition) is 16. The summed E-state index contributed by atoms with van der Waals surface area (Å²) in [7, 11) is 0. The van der Waals surface area contributed by atoms with Gasteiger partial charge < -0.3 is 85.1 Å². The first-order valence-corrected chi connectivity index (χ1v) is 23.5. The van der Waals surface area contributed by atoms with E-state index in [1.807, 2.05) is 0 Å². The molecule has 0 aliphatic carbocycles. The number of carboxylic acids is 2. The summed E-state index contributed by atoms with van der Waals surface area (Å²) in [5, 5.41) is 53.3. The van der Waals surface area contributed by atoms with Gasteiger partial charge >= 0.3 is 11.9 Å². The molecule has 0 spiro atoms. The number of carbonyl (C=O) groups excluding carboxylic acids is 10. The van der Waals surface area contributed by atoms with Crippen molar-refractivity contribution in [3.8, 4) is 0 Å². The van der Waals surface area contributed by atoms with Gasteiger partial charge in [0.05, 0.1) is 18.8 Å². The fourth-order valence-corrected chi connectivity index (χ4v) is 7.94. The van der Waals surface area contributed by atoms with Gasteiger partial charge in [-0.05, 0) is 83.6 Å². The number of likely N-dealkylation sites (tertiary alicyclic amines) is 2. The van der Waals surface area contributed by atoms with Crippen molar-refractivity contribution >= 4 is 71.0 Å². The van der Waals surface area contributed by atoms with E-state index in [0.29, 0.717) is 19.3 Å². The van der Waals surface area contributed by atoms with Crippen LogP contribution < -0.4 is 54.8 Å². The van der Waals surface area contributed by atoms with Crippen LogP contribution >= 0.6 is 0 Å². The predicted octanol–water partition coefficient (Wildman–Crippen LogP) is -6.16. The van der Waals surface area contributed by atoms with Crippen molar-refractivity contribution in [2.24, 2.45) is 28.9 Å². The highest BCUT2D eigenvalue weighted by atomic mass is 16.4. The Balaban J connectivity index is 2.32. The molecule has 0 aromatic carbocycles. The Morgan fingerprint density at radius 3 is 1.58 bits per heavy atom. The van der Waals surface area contributed by atoms with Gasteiger partial charge in [-0.2, -0.15) is 0 Å². The summed E-state index contributed by atoms with van der Waals surface area (Å²) in [6.45, 7) is 3.70. The monoisotopic (exact) mass is 1010 g/mol. The lowest BCUT2D eigenvalue weighted by atomic mass is 10.0. The fraction of sp³-hybridized carbons (Fsp3) is 0.721. The number of primary amides is 2. The lowest BCUT2D eigenvalue weighted by Gasteiger charge is -2.34. The maximum Gasteiger partial charge on any atom is 0.328 e. The van der Waals surface area contributed by atoms with E-state index >= 15 is 0 Å². The number of rotatable bonds is 31. The zero-order chi connectivity index (χ0) is 53.7. The van der Waals surface area contributed by atoms with Gasteiger partial charge in [-0.1, -0.05) is 13.8 Å². The number of carboxylic acid groups (broad SMARTS) is 2. The minimum atomic E-state index is -1.78. The zero-order valence-corrected chi connectivity index (χ0v) is 40.3. The summed E-state index contributed by atoms with van der Waals surface area (Å²) in [5.74, 6) is -12.3. The number of hydrogen-bond donors (Lipinski definition) is 14. The number of nitrogens with one attached hydrogen (secondary N) is 6. The SMILES string of the molecule is CC(C)[C@H](NC(=O)[C@H](CCC(=O)O)NC(=O)[C@H](CCCCN)NC(=O)[C@H](CO)NC(=O)[C@H](CCC(N)=O)NC(=O)[C@@H](N)CCC(N)=O)C(=O)N1CCC[C@H]1C(=O)N1CCC[C@H]1C(=O)N[C@H](C(=O)O)[C@@H](C)O. The molecule has 2 saturated heterocycles. The third-order valence-corrected chi connectivity index (χ3v) is 12.0. The Bertz CT molecular complexity index is 1940. The highest BCUT2D eigenvalue weighted by Gasteiger charge is 2.45. The number of aliphatic hydroxyl groups excluding tert-OH is 2. The normalized spacial score (nSPS) is 18.9. The third-order valence-electron chi connectivity index (χ3n) is 12.0. The Morgan fingerprint density at radius 2 is 1.07 bits per heavy atom. The topological polar surface area (TPSA) is 468 Å². The molecule has 10 amide bonds. The quantitative estimate of drug-likeness (QED) is 0.0287. The maximum absolute atomic E-state index is 14.3. The van der Waals surface area contributed by atoms with Crippen molar-refractivity contribution < 1.29 is 78.0 Å². The Labute approximate surface area is 409 Å². The first kappa shape index (κ1) is 60.6. The molecule has 2 aliphatic rings. The number of unbranched alkanes of at least 4 members (excludes halogenated alkanes) is 1. The van der Waals surface area contributed by atoms with Crippen LogP contribution in [0.3, 0.4) is 0 Å². The lowest BCUT2D eigenvalue weighted by Crippen LogP contribution is -2.61. The first-order valence-electron chi connectivity index (χ1n) is 23.5. The van der Waals surface area contributed by atoms with Gasteiger partial charge in [-0.3, -0.25) is 52.7 Å². The van der Waals surface area contributed by atoms with Crippen LogP contribution in [0.4, 0.5) is 0 Å². The van der Waals surface area contributed by atoms with E-state index in [-0.39, 0.29) is 64.6 Å². The summed E-state index contributed by atoms with van der Waals surface area (Å²) >= 11 is 0. The van der Waals surface area contributed by atoms with Gasteiger partial charge in [0, 0.05) is 32.4 Å². The average Bonchev–Trinajstić information content (AvgIpc) is 4.01. The maximum atomic E-state index is 14.3. The van der Waals surface area contributed by atoms with Crippen LogP contribution in [0.25, 0.3) is 0 Å². The second-order valence-corrected chi connectivity index (χ2v) is 17.9. The first-order chi connectivity index (χ1) is 33.3. The minimum absolute atomic E-state index is 0.0794. The van der Waals surface area contributed by atoms with Crippen molar-refractivity contribution in [2.75, 3.05) is 26.2 Å². The molecule has 0 aromatic rings. The molecule has 0 aromatic heterocycles. The van der Waals surface area contributed by atoms with E-state index < -0.39 is 163 Å². The van der Waals surface area contributed by atoms with Crippen LogP contribution in [0, 0.1) is 5.92 Å². The molecule has 0 unspecified atom stereocenters. The molecule has 28 heteroatoms. The van der Waals surface area contributed by atoms with Crippen molar-refractivity contribution in [3.05, 3.63) is 0 Å². The number of amides is 10. The van der Waals surface area contributed by atoms with E-state index in [4.69, 9.17) is 22.9 Å². The third kappa shape index (κ3) is 19.3. The highest BCUT2D eigenvalue weighted by molar-refractivity contribution is 5.98. The van der Waals surface area contributed by atoms with Crippen molar-refractivity contribution in [3.63, 3.8) is 0 Å². The molecule has 2 fully saturated rings. The van der Waals surface area contributed by atoms with Gasteiger partial charge in [-0.15, -0.1) is 0 Å². The van der Waals surface area contributed by atoms with Crippen molar-refractivity contribution in [1.29, 1.82) is 0 Å². The van der Waals surface area contributed by atoms with E-state index in [0.717, 1.165) is 0 Å². The van der Waals surface area contributed by atoms with E-state index in [1.54, 1.807) is 13.8 Å². The number of nitrogens with two attached hydrogens (primary N) is 4. The van der Waals surface area contributed by atoms with Gasteiger partial charge in [0.2, 0.25) is 59.1 Å². The van der Waals surface area contributed by atoms with Crippen LogP contribution in [-0.2, 0) is 57.5 Å². The highest BCUT2D eigenvalue weighted by Crippen LogP contribution is 2.27. The molecule has 2 aliphatic heterocycles. The molecule has 2 heterocycles. The molecule has 2 rings (SSSR count). The molecule has 28 nitrogen and oxygen atoms in total. The lowest BCUT2D eigenvalue weighted by molar-refractivity contribution is -0.150. The van der Waals surface area contributed by atoms with Crippen molar-refractivity contribution in [1.82, 2.24) is 41.7 Å². The van der Waals surface area contributed by atoms with Crippen LogP contribution in [-0.4, -0.2) is 188 Å². The van der Waals surface area contributed by atoms with Gasteiger partial charge in [0.25, 0.3) is 0 Å². The molecule has 18 N–H and O–H groups in total. The Hall–Kier alpha value is -6.52. The summed E-state index contributed by atoms with van der Waals surface area (Å²) in [5.41, 5.74) is 21.8. The molecule has 0 bridgehead atoms. The van der Waals surface area contributed by atoms with E-state index in [2.05, 4.69) is 31.9 Å². The minimum Gasteiger partial charge on any atom is -0.481 e. The summed E-state index contributed by atoms with van der Waals surface area (Å²) in [4.78, 5) is 158. The van der Waals surface area contributed by atoms with Crippen LogP contribution in [0.2, 0.25) is 0 Å². The van der Waals surface area contributed by atoms with Gasteiger partial charge in [-0.25, -0.2) is 4.79 Å². The summed E-state index contributed by atoms with van der Waals surface area (Å²) in [6.07, 6.45) is -2.24. The number of aliphatic hydroxyl groups is 2. The molecule has 10 atom stereocenters. The van der Waals surface area contributed by atoms with Gasteiger partial charge in [0.15, 0.2) is 6.04 Å². The smallest absolute Gasteiger partial charge is 0.328 e. The largest absolute Gasteiger partial charge is 0.481 e. The second-order valence-electron chi connectivity index (χ2n) is 17.9. The average molecular weight is 1010 g/mol. The number of carbonyl (C=O) groups is 12. The molecular weight excluding hydrogens is 941 g/mol. The molecular formula is C43H72N12O16. The molecule has 0 saturated carbocycles. The van der Waals surface area contributed by atoms with E-state index in [9.17, 15) is 78.0 Å². The fourth-order valence-electron chi connectivity index (χ4n) is 7.94. The summed E-state index contributed by atoms with van der Waals surface area (Å²) in [6, 6.07) is -12.9. The van der Waals surface area contributed by atoms with E-state index in [1.165, 1.54) is 16.7 Å². The Morgan fingerprint density at radius 1 is 0.592 bits per heavy atom. The standard InChI is InChI=1S/C43H72N12O16/c1-21(2)33(42(69)55-19-7-10-29(55)41(68)54-18-6-9-28(54)40(67)53-34(22(3)57)43(70)71)52-38(65)26(13-16-32(60)61)50-36(63)24(8-4-5-17-44)49-39(66)27(20-56)51-37(64)25(12-15-31(47)59)48-35(62)23(45)11-14-30(46)58/h21-29,33-34,56-57H,4-20,44-45H2,1-3H3,(H2,46,58)(H2,47,59)(H,48,62)(H,49,66)(H,50,63)(H,51,64)(H,52,65)(H,53,67)(H,60,61)(H,70,71)/t22-,23+,24+,25+,26+,27+,28+,29+,33+,34+/m1/s1. The molecule has 0 radical (unpaired) electrons. The molecule has 400 valence electrons. The number of nitrogens with zero attached hydrogens (tertiary/aromatic N) is 2. The Kier molecular flexibility index (Phi) is 25.3. The second kappa shape index (κ2) is 29.6. The number of aliphatic carboxylic acids is 2. The summed E-state index contributed by atoms with van der Waals surface area (Å²) < 4.78 is 0. The zero-order valence-electron chi connectivity index (χ0n) is 40.3.